The van der Waals surface area contributed by atoms with Crippen LogP contribution in [0.3, 0.4) is 0 Å². The van der Waals surface area contributed by atoms with Crippen LogP contribution >= 0.6 is 0 Å². The topological polar surface area (TPSA) is 157 Å². The summed E-state index contributed by atoms with van der Waals surface area (Å²) in [5, 5.41) is 15.3. The van der Waals surface area contributed by atoms with Gasteiger partial charge in [-0.25, -0.2) is 0 Å². The number of nitrogens with zero attached hydrogens (tertiary/aromatic N) is 3. The number of aromatic nitrogens is 2. The van der Waals surface area contributed by atoms with E-state index in [1.54, 1.807) is 23.2 Å². The normalized spacial score (nSPS) is 26.6. The summed E-state index contributed by atoms with van der Waals surface area (Å²) in [5.41, 5.74) is 5.25. The van der Waals surface area contributed by atoms with Crippen molar-refractivity contribution in [3.05, 3.63) is 36.2 Å². The molecule has 2 aromatic rings. The van der Waals surface area contributed by atoms with Crippen molar-refractivity contribution >= 4 is 34.4 Å². The molecule has 3 aliphatic rings. The van der Waals surface area contributed by atoms with E-state index >= 15 is 0 Å². The average Bonchev–Trinajstić information content (AvgIpc) is 3.35. The van der Waals surface area contributed by atoms with Gasteiger partial charge in [0.25, 0.3) is 0 Å². The zero-order chi connectivity index (χ0) is 29.0. The highest BCUT2D eigenvalue weighted by Gasteiger charge is 2.70. The van der Waals surface area contributed by atoms with Crippen LogP contribution in [0.25, 0.3) is 10.8 Å². The lowest BCUT2D eigenvalue weighted by Gasteiger charge is -2.38. The minimum Gasteiger partial charge on any atom is -0.381 e. The molecule has 6 atom stereocenters. The number of carbonyl (C=O) groups is 4. The second-order valence-corrected chi connectivity index (χ2v) is 12.9. The van der Waals surface area contributed by atoms with Gasteiger partial charge < -0.3 is 26.0 Å². The van der Waals surface area contributed by atoms with Gasteiger partial charge in [-0.3, -0.25) is 19.2 Å². The van der Waals surface area contributed by atoms with E-state index in [4.69, 9.17) is 10.5 Å². The number of amides is 4. The van der Waals surface area contributed by atoms with Crippen LogP contribution in [0.2, 0.25) is 0 Å². The summed E-state index contributed by atoms with van der Waals surface area (Å²) in [6.07, 6.45) is 2.18. The largest absolute Gasteiger partial charge is 0.381 e. The van der Waals surface area contributed by atoms with Gasteiger partial charge in [0.2, 0.25) is 23.6 Å². The van der Waals surface area contributed by atoms with Crippen LogP contribution in [0, 0.1) is 28.6 Å². The molecule has 1 aliphatic carbocycles. The van der Waals surface area contributed by atoms with Gasteiger partial charge in [-0.15, -0.1) is 0 Å². The van der Waals surface area contributed by atoms with Crippen molar-refractivity contribution in [3.8, 4) is 0 Å². The molecule has 2 aliphatic heterocycles. The fraction of sp³-hybridized carbons (Fsp3) is 0.586. The van der Waals surface area contributed by atoms with Crippen LogP contribution in [-0.4, -0.2) is 70.6 Å². The van der Waals surface area contributed by atoms with Crippen LogP contribution in [0.5, 0.6) is 0 Å². The highest BCUT2D eigenvalue weighted by Crippen LogP contribution is 2.65. The molecule has 4 amide bonds. The predicted molar refractivity (Wildman–Crippen MR) is 146 cm³/mol. The van der Waals surface area contributed by atoms with Crippen LogP contribution in [-0.2, 0) is 23.9 Å². The van der Waals surface area contributed by atoms with Crippen molar-refractivity contribution < 1.29 is 23.9 Å². The Balaban J connectivity index is 1.42. The molecule has 1 saturated carbocycles. The Kier molecular flexibility index (Phi) is 7.06. The van der Waals surface area contributed by atoms with Crippen molar-refractivity contribution in [2.75, 3.05) is 19.8 Å². The Morgan fingerprint density at radius 3 is 2.50 bits per heavy atom. The van der Waals surface area contributed by atoms with Gasteiger partial charge >= 0.3 is 0 Å². The smallest absolute Gasteiger partial charge is 0.246 e. The van der Waals surface area contributed by atoms with Gasteiger partial charge in [0.05, 0.1) is 18.7 Å². The van der Waals surface area contributed by atoms with E-state index in [9.17, 15) is 19.2 Å². The molecule has 3 fully saturated rings. The van der Waals surface area contributed by atoms with Crippen molar-refractivity contribution in [1.82, 2.24) is 25.7 Å². The Hall–Kier alpha value is -3.60. The number of primary amides is 1. The number of hydrogen-bond donors (Lipinski definition) is 3. The number of hydrogen-bond acceptors (Lipinski definition) is 7. The third-order valence-electron chi connectivity index (χ3n) is 8.90. The molecule has 11 heteroatoms. The first-order chi connectivity index (χ1) is 18.8. The van der Waals surface area contributed by atoms with Crippen molar-refractivity contribution in [3.63, 3.8) is 0 Å². The van der Waals surface area contributed by atoms with Crippen molar-refractivity contribution in [2.24, 2.45) is 34.3 Å². The zero-order valence-electron chi connectivity index (χ0n) is 23.6. The van der Waals surface area contributed by atoms with Crippen LogP contribution in [0.15, 0.2) is 30.5 Å². The molecule has 2 unspecified atom stereocenters. The Bertz CT molecular complexity index is 1340. The fourth-order valence-corrected chi connectivity index (χ4v) is 6.39. The molecular formula is C29H38N6O5. The molecule has 1 aromatic heterocycles. The van der Waals surface area contributed by atoms with Crippen LogP contribution in [0.4, 0.5) is 0 Å². The molecule has 2 saturated heterocycles. The molecular weight excluding hydrogens is 512 g/mol. The molecule has 40 heavy (non-hydrogen) atoms. The van der Waals surface area contributed by atoms with Crippen molar-refractivity contribution in [1.29, 1.82) is 0 Å². The minimum absolute atomic E-state index is 0.0943. The number of fused-ring (bicyclic) bond motifs is 2. The molecule has 214 valence electrons. The first-order valence-electron chi connectivity index (χ1n) is 13.8. The number of carbonyl (C=O) groups excluding carboxylic acids is 4. The van der Waals surface area contributed by atoms with E-state index < -0.39 is 35.4 Å². The Labute approximate surface area is 233 Å². The third-order valence-corrected chi connectivity index (χ3v) is 8.90. The van der Waals surface area contributed by atoms with E-state index in [1.165, 1.54) is 0 Å². The monoisotopic (exact) mass is 550 g/mol. The average molecular weight is 551 g/mol. The molecule has 4 N–H and O–H groups in total. The molecule has 0 bridgehead atoms. The number of benzene rings is 1. The summed E-state index contributed by atoms with van der Waals surface area (Å²) >= 11 is 0. The summed E-state index contributed by atoms with van der Waals surface area (Å²) in [6, 6.07) is 4.37. The summed E-state index contributed by atoms with van der Waals surface area (Å²) in [7, 11) is 0. The van der Waals surface area contributed by atoms with E-state index in [0.29, 0.717) is 31.6 Å². The molecule has 0 radical (unpaired) electrons. The second-order valence-electron chi connectivity index (χ2n) is 12.9. The van der Waals surface area contributed by atoms with Gasteiger partial charge in [-0.05, 0) is 29.1 Å². The fourth-order valence-electron chi connectivity index (χ4n) is 6.39. The number of nitrogens with one attached hydrogen (secondary N) is 2. The molecule has 3 heterocycles. The Morgan fingerprint density at radius 2 is 1.85 bits per heavy atom. The Morgan fingerprint density at radius 1 is 1.12 bits per heavy atom. The maximum absolute atomic E-state index is 14.1. The summed E-state index contributed by atoms with van der Waals surface area (Å²) in [6.45, 7) is 11.1. The van der Waals surface area contributed by atoms with Gasteiger partial charge in [0, 0.05) is 23.9 Å². The van der Waals surface area contributed by atoms with E-state index in [0.717, 1.165) is 5.39 Å². The van der Waals surface area contributed by atoms with E-state index in [1.807, 2.05) is 32.9 Å². The van der Waals surface area contributed by atoms with Crippen LogP contribution in [0.1, 0.15) is 52.8 Å². The lowest BCUT2D eigenvalue weighted by atomic mass is 9.84. The standard InChI is InChI=1S/C29H38N6O5/c1-28(2,3)23(33-25(37)16-10-11-40-14-16)27(39)35-13-18-19(29(18,4)5)22(35)26(38)32-21(24(30)36)20-17-9-7-6-8-15(17)12-31-34-20/h6-9,12,16,18-19,21-23H,10-11,13-14H2,1-5H3,(H2,30,36)(H,32,38)(H,33,37)/t16?,18-,19-,21?,22-,23+/m0/s1. The molecule has 11 nitrogen and oxygen atoms in total. The van der Waals surface area contributed by atoms with E-state index in [2.05, 4.69) is 34.7 Å². The lowest BCUT2D eigenvalue weighted by Crippen LogP contribution is -2.60. The first-order valence-corrected chi connectivity index (χ1v) is 13.8. The third kappa shape index (κ3) is 4.91. The summed E-state index contributed by atoms with van der Waals surface area (Å²) < 4.78 is 5.36. The second kappa shape index (κ2) is 10.1. The number of nitrogens with two attached hydrogens (primary N) is 1. The van der Waals surface area contributed by atoms with Gasteiger partial charge in [-0.1, -0.05) is 58.9 Å². The zero-order valence-corrected chi connectivity index (χ0v) is 23.6. The summed E-state index contributed by atoms with van der Waals surface area (Å²) in [5.74, 6) is -2.07. The quantitative estimate of drug-likeness (QED) is 0.469. The summed E-state index contributed by atoms with van der Waals surface area (Å²) in [4.78, 5) is 55.2. The van der Waals surface area contributed by atoms with Crippen LogP contribution < -0.4 is 16.4 Å². The highest BCUT2D eigenvalue weighted by molar-refractivity contribution is 5.97. The van der Waals surface area contributed by atoms with E-state index in [-0.39, 0.29) is 40.7 Å². The molecule has 5 rings (SSSR count). The lowest BCUT2D eigenvalue weighted by molar-refractivity contribution is -0.146. The van der Waals surface area contributed by atoms with Gasteiger partial charge in [0.1, 0.15) is 17.8 Å². The maximum atomic E-state index is 14.1. The number of rotatable bonds is 7. The molecule has 0 spiro atoms. The minimum atomic E-state index is -1.23. The number of likely N-dealkylation sites (tertiary alicyclic amines) is 1. The molecule has 1 aromatic carbocycles. The number of piperidine rings is 1. The van der Waals surface area contributed by atoms with Gasteiger partial charge in [-0.2, -0.15) is 10.2 Å². The van der Waals surface area contributed by atoms with Crippen molar-refractivity contribution in [2.45, 2.75) is 59.2 Å². The van der Waals surface area contributed by atoms with Gasteiger partial charge in [0.15, 0.2) is 6.04 Å². The maximum Gasteiger partial charge on any atom is 0.246 e. The first kappa shape index (κ1) is 27.9. The predicted octanol–water partition coefficient (Wildman–Crippen LogP) is 1.32. The highest BCUT2D eigenvalue weighted by atomic mass is 16.5. The SMILES string of the molecule is CC(C)(C)[C@H](NC(=O)C1CCOC1)C(=O)N1C[C@H]2[C@@H]([C@H]1C(=O)NC(C(N)=O)c1nncc3ccccc13)C2(C)C. The number of ether oxygens (including phenoxy) is 1.